The SMILES string of the molecule is C.C.CC(O)CO.CCC(CC)(CO)CO.O=C(O)c1cc(CO)cc(CO)c1. The Morgan fingerprint density at radius 1 is 0.897 bits per heavy atom. The normalized spacial score (nSPS) is 10.8. The van der Waals surface area contributed by atoms with Gasteiger partial charge in [-0.1, -0.05) is 34.8 Å². The highest BCUT2D eigenvalue weighted by Gasteiger charge is 2.23. The molecule has 0 spiro atoms. The molecule has 1 rings (SSSR count). The van der Waals surface area contributed by atoms with Crippen LogP contribution in [0.2, 0.25) is 0 Å². The van der Waals surface area contributed by atoms with E-state index in [1.54, 1.807) is 6.07 Å². The van der Waals surface area contributed by atoms with Crippen molar-refractivity contribution in [3.05, 3.63) is 34.9 Å². The number of carboxylic acid groups (broad SMARTS) is 1. The molecular weight excluding hydrogens is 380 g/mol. The van der Waals surface area contributed by atoms with Crippen LogP contribution in [0.25, 0.3) is 0 Å². The fraction of sp³-hybridized carbons (Fsp3) is 0.667. The van der Waals surface area contributed by atoms with Crippen molar-refractivity contribution in [2.24, 2.45) is 5.41 Å². The van der Waals surface area contributed by atoms with Crippen LogP contribution in [0.4, 0.5) is 0 Å². The van der Waals surface area contributed by atoms with Gasteiger partial charge in [-0.3, -0.25) is 0 Å². The minimum absolute atomic E-state index is 0. The van der Waals surface area contributed by atoms with E-state index in [2.05, 4.69) is 0 Å². The monoisotopic (exact) mass is 422 g/mol. The third kappa shape index (κ3) is 15.0. The summed E-state index contributed by atoms with van der Waals surface area (Å²) in [5.41, 5.74) is 0.837. The average Bonchev–Trinajstić information content (AvgIpc) is 2.70. The maximum Gasteiger partial charge on any atom is 0.335 e. The highest BCUT2D eigenvalue weighted by atomic mass is 16.4. The minimum atomic E-state index is -1.06. The lowest BCUT2D eigenvalue weighted by Gasteiger charge is -2.25. The Labute approximate surface area is 175 Å². The van der Waals surface area contributed by atoms with Crippen LogP contribution in [0.3, 0.4) is 0 Å². The third-order valence-electron chi connectivity index (χ3n) is 4.10. The Morgan fingerprint density at radius 3 is 1.38 bits per heavy atom. The van der Waals surface area contributed by atoms with Gasteiger partial charge in [0.25, 0.3) is 0 Å². The summed E-state index contributed by atoms with van der Waals surface area (Å²) in [6.07, 6.45) is 1.13. The predicted octanol–water partition coefficient (Wildman–Crippen LogP) is 1.78. The van der Waals surface area contributed by atoms with E-state index in [1.807, 2.05) is 13.8 Å². The van der Waals surface area contributed by atoms with Gasteiger partial charge in [-0.15, -0.1) is 0 Å². The van der Waals surface area contributed by atoms with Crippen LogP contribution in [-0.2, 0) is 13.2 Å². The predicted molar refractivity (Wildman–Crippen MR) is 115 cm³/mol. The Hall–Kier alpha value is -1.55. The van der Waals surface area contributed by atoms with Crippen molar-refractivity contribution in [3.8, 4) is 0 Å². The summed E-state index contributed by atoms with van der Waals surface area (Å²) in [6, 6.07) is 4.31. The summed E-state index contributed by atoms with van der Waals surface area (Å²) < 4.78 is 0. The van der Waals surface area contributed by atoms with Gasteiger partial charge in [0, 0.05) is 5.41 Å². The second-order valence-corrected chi connectivity index (χ2v) is 6.21. The number of rotatable bonds is 8. The van der Waals surface area contributed by atoms with Crippen LogP contribution in [-0.4, -0.2) is 67.6 Å². The highest BCUT2D eigenvalue weighted by molar-refractivity contribution is 5.88. The number of benzene rings is 1. The Morgan fingerprint density at radius 2 is 1.24 bits per heavy atom. The lowest BCUT2D eigenvalue weighted by molar-refractivity contribution is 0.0480. The topological polar surface area (TPSA) is 159 Å². The van der Waals surface area contributed by atoms with E-state index in [1.165, 1.54) is 19.1 Å². The van der Waals surface area contributed by atoms with E-state index in [0.29, 0.717) is 11.1 Å². The average molecular weight is 423 g/mol. The van der Waals surface area contributed by atoms with Gasteiger partial charge in [0.15, 0.2) is 0 Å². The van der Waals surface area contributed by atoms with Gasteiger partial charge in [-0.25, -0.2) is 4.79 Å². The molecule has 174 valence electrons. The first kappa shape index (κ1) is 34.9. The fourth-order valence-corrected chi connectivity index (χ4v) is 1.82. The van der Waals surface area contributed by atoms with Crippen molar-refractivity contribution in [3.63, 3.8) is 0 Å². The van der Waals surface area contributed by atoms with E-state index in [0.717, 1.165) is 12.8 Å². The molecule has 0 aliphatic heterocycles. The summed E-state index contributed by atoms with van der Waals surface area (Å²) in [6.45, 7) is 5.08. The quantitative estimate of drug-likeness (QED) is 0.334. The molecule has 1 unspecified atom stereocenters. The number of carbonyl (C=O) groups is 1. The van der Waals surface area contributed by atoms with Crippen molar-refractivity contribution in [2.45, 2.75) is 67.8 Å². The largest absolute Gasteiger partial charge is 0.478 e. The Balaban J connectivity index is -0.000000172. The molecule has 1 aromatic rings. The van der Waals surface area contributed by atoms with Crippen LogP contribution < -0.4 is 0 Å². The van der Waals surface area contributed by atoms with Gasteiger partial charge in [-0.05, 0) is 43.0 Å². The van der Waals surface area contributed by atoms with Crippen LogP contribution in [0.15, 0.2) is 18.2 Å². The van der Waals surface area contributed by atoms with E-state index in [4.69, 9.17) is 35.7 Å². The highest BCUT2D eigenvalue weighted by Crippen LogP contribution is 2.23. The van der Waals surface area contributed by atoms with Gasteiger partial charge in [-0.2, -0.15) is 0 Å². The van der Waals surface area contributed by atoms with Gasteiger partial charge in [0.2, 0.25) is 0 Å². The molecule has 0 amide bonds. The van der Waals surface area contributed by atoms with Gasteiger partial charge in [0.1, 0.15) is 0 Å². The molecule has 0 saturated carbocycles. The number of hydrogen-bond donors (Lipinski definition) is 7. The van der Waals surface area contributed by atoms with Crippen molar-refractivity contribution >= 4 is 5.97 Å². The maximum absolute atomic E-state index is 10.6. The first-order valence-electron chi connectivity index (χ1n) is 8.77. The summed E-state index contributed by atoms with van der Waals surface area (Å²) in [4.78, 5) is 10.6. The maximum atomic E-state index is 10.6. The van der Waals surface area contributed by atoms with Crippen LogP contribution >= 0.6 is 0 Å². The minimum Gasteiger partial charge on any atom is -0.478 e. The molecule has 8 nitrogen and oxygen atoms in total. The van der Waals surface area contributed by atoms with Gasteiger partial charge >= 0.3 is 5.97 Å². The molecule has 0 fully saturated rings. The van der Waals surface area contributed by atoms with E-state index < -0.39 is 12.1 Å². The molecule has 7 N–H and O–H groups in total. The second-order valence-electron chi connectivity index (χ2n) is 6.21. The van der Waals surface area contributed by atoms with Crippen molar-refractivity contribution in [1.29, 1.82) is 0 Å². The van der Waals surface area contributed by atoms with E-state index in [-0.39, 0.29) is 58.9 Å². The number of aliphatic hydroxyl groups is 6. The fourth-order valence-electron chi connectivity index (χ4n) is 1.82. The van der Waals surface area contributed by atoms with Crippen molar-refractivity contribution < 1.29 is 40.5 Å². The standard InChI is InChI=1S/C9H10O4.C7H16O2.C3H8O2.2CH4/c10-4-6-1-7(5-11)3-8(2-6)9(12)13;1-3-7(4-2,5-8)6-9;1-3(5)2-4;;/h1-3,10-11H,4-5H2,(H,12,13);8-9H,3-6H2,1-2H3;3-5H,2H2,1H3;2*1H4. The molecule has 1 atom stereocenters. The second kappa shape index (κ2) is 19.8. The van der Waals surface area contributed by atoms with E-state index >= 15 is 0 Å². The molecule has 0 heterocycles. The number of aromatic carboxylic acids is 1. The number of carboxylic acids is 1. The summed E-state index contributed by atoms with van der Waals surface area (Å²) in [7, 11) is 0. The molecule has 0 aliphatic carbocycles. The van der Waals surface area contributed by atoms with Crippen LogP contribution in [0.5, 0.6) is 0 Å². The first-order valence-corrected chi connectivity index (χ1v) is 8.77. The zero-order chi connectivity index (χ0) is 21.5. The molecule has 0 aromatic heterocycles. The zero-order valence-electron chi connectivity index (χ0n) is 16.3. The van der Waals surface area contributed by atoms with Gasteiger partial charge < -0.3 is 35.7 Å². The smallest absolute Gasteiger partial charge is 0.335 e. The van der Waals surface area contributed by atoms with Crippen molar-refractivity contribution in [1.82, 2.24) is 0 Å². The van der Waals surface area contributed by atoms with Gasteiger partial charge in [0.05, 0.1) is 44.7 Å². The summed E-state index contributed by atoms with van der Waals surface area (Å²) >= 11 is 0. The van der Waals surface area contributed by atoms with Crippen molar-refractivity contribution in [2.75, 3.05) is 19.8 Å². The lowest BCUT2D eigenvalue weighted by atomic mass is 9.84. The molecule has 0 saturated heterocycles. The molecular formula is C21H42O8. The Kier molecular flexibility index (Phi) is 23.8. The van der Waals surface area contributed by atoms with Crippen LogP contribution in [0.1, 0.15) is 70.0 Å². The first-order chi connectivity index (χ1) is 12.7. The lowest BCUT2D eigenvalue weighted by Crippen LogP contribution is -2.27. The molecule has 0 bridgehead atoms. The van der Waals surface area contributed by atoms with Crippen LogP contribution in [0, 0.1) is 5.41 Å². The molecule has 1 aromatic carbocycles. The number of hydrogen-bond acceptors (Lipinski definition) is 7. The Bertz CT molecular complexity index is 474. The summed E-state index contributed by atoms with van der Waals surface area (Å²) in [5.74, 6) is -1.06. The number of aliphatic hydroxyl groups excluding tert-OH is 6. The molecule has 0 aliphatic rings. The molecule has 8 heteroatoms. The third-order valence-corrected chi connectivity index (χ3v) is 4.10. The molecule has 29 heavy (non-hydrogen) atoms. The van der Waals surface area contributed by atoms with E-state index in [9.17, 15) is 4.79 Å². The zero-order valence-corrected chi connectivity index (χ0v) is 16.3. The summed E-state index contributed by atoms with van der Waals surface area (Å²) in [5, 5.41) is 59.9. The molecule has 0 radical (unpaired) electrons.